The van der Waals surface area contributed by atoms with Crippen LogP contribution in [0.25, 0.3) is 0 Å². The van der Waals surface area contributed by atoms with Crippen molar-refractivity contribution >= 4 is 5.69 Å². The zero-order chi connectivity index (χ0) is 13.9. The highest BCUT2D eigenvalue weighted by Gasteiger charge is 2.17. The van der Waals surface area contributed by atoms with Gasteiger partial charge < -0.3 is 10.5 Å². The number of nitrogens with zero attached hydrogens (tertiary/aromatic N) is 2. The number of anilines is 1. The van der Waals surface area contributed by atoms with Crippen molar-refractivity contribution in [2.24, 2.45) is 0 Å². The van der Waals surface area contributed by atoms with Gasteiger partial charge in [0.2, 0.25) is 0 Å². The highest BCUT2D eigenvalue weighted by atomic mass is 19.1. The maximum Gasteiger partial charge on any atom is 0.167 e. The van der Waals surface area contributed by atoms with Gasteiger partial charge in [-0.3, -0.25) is 4.68 Å². The molecule has 1 aliphatic rings. The van der Waals surface area contributed by atoms with Gasteiger partial charge in [-0.25, -0.2) is 4.39 Å². The van der Waals surface area contributed by atoms with Crippen LogP contribution in [0.2, 0.25) is 0 Å². The first kappa shape index (κ1) is 13.0. The standard InChI is InChI=1S/C15H18FN3O/c16-14-9-11(17)5-6-15(14)20-10-12-7-8-19(18-12)13-3-1-2-4-13/h5-9,13H,1-4,10,17H2. The maximum atomic E-state index is 13.6. The number of rotatable bonds is 4. The molecule has 0 amide bonds. The van der Waals surface area contributed by atoms with Crippen LogP contribution in [0.3, 0.4) is 0 Å². The first-order chi connectivity index (χ1) is 9.72. The van der Waals surface area contributed by atoms with Gasteiger partial charge in [0.25, 0.3) is 0 Å². The van der Waals surface area contributed by atoms with Crippen LogP contribution in [0.4, 0.5) is 10.1 Å². The third kappa shape index (κ3) is 2.76. The minimum Gasteiger partial charge on any atom is -0.484 e. The SMILES string of the molecule is Nc1ccc(OCc2ccn(C3CCCC3)n2)c(F)c1. The molecule has 2 N–H and O–H groups in total. The molecule has 1 aliphatic carbocycles. The smallest absolute Gasteiger partial charge is 0.167 e. The Labute approximate surface area is 117 Å². The van der Waals surface area contributed by atoms with E-state index in [1.54, 1.807) is 12.1 Å². The number of hydrogen-bond donors (Lipinski definition) is 1. The van der Waals surface area contributed by atoms with Crippen molar-refractivity contribution in [3.05, 3.63) is 42.0 Å². The van der Waals surface area contributed by atoms with Gasteiger partial charge >= 0.3 is 0 Å². The summed E-state index contributed by atoms with van der Waals surface area (Å²) in [6, 6.07) is 6.85. The topological polar surface area (TPSA) is 53.1 Å². The Hall–Kier alpha value is -2.04. The molecule has 1 fully saturated rings. The Kier molecular flexibility index (Phi) is 3.58. The number of hydrogen-bond acceptors (Lipinski definition) is 3. The molecule has 0 saturated heterocycles. The summed E-state index contributed by atoms with van der Waals surface area (Å²) in [6.45, 7) is 0.264. The van der Waals surface area contributed by atoms with E-state index in [9.17, 15) is 4.39 Å². The molecule has 0 unspecified atom stereocenters. The fraction of sp³-hybridized carbons (Fsp3) is 0.400. The summed E-state index contributed by atoms with van der Waals surface area (Å²) in [4.78, 5) is 0. The molecule has 1 aromatic heterocycles. The van der Waals surface area contributed by atoms with Crippen LogP contribution < -0.4 is 10.5 Å². The van der Waals surface area contributed by atoms with Gasteiger partial charge in [0.15, 0.2) is 11.6 Å². The normalized spacial score (nSPS) is 15.7. The molecule has 20 heavy (non-hydrogen) atoms. The van der Waals surface area contributed by atoms with Gasteiger partial charge in [-0.15, -0.1) is 0 Å². The Morgan fingerprint density at radius 2 is 2.10 bits per heavy atom. The summed E-state index contributed by atoms with van der Waals surface area (Å²) in [7, 11) is 0. The second kappa shape index (κ2) is 5.53. The fourth-order valence-electron chi connectivity index (χ4n) is 2.61. The molecule has 2 aromatic rings. The average Bonchev–Trinajstić information content (AvgIpc) is 3.08. The summed E-state index contributed by atoms with van der Waals surface area (Å²) in [6.07, 6.45) is 6.90. The molecule has 1 saturated carbocycles. The number of benzene rings is 1. The van der Waals surface area contributed by atoms with Gasteiger partial charge in [0.05, 0.1) is 11.7 Å². The van der Waals surface area contributed by atoms with Crippen LogP contribution in [0.1, 0.15) is 37.4 Å². The lowest BCUT2D eigenvalue weighted by Gasteiger charge is -2.09. The molecule has 1 aromatic carbocycles. The summed E-state index contributed by atoms with van der Waals surface area (Å²) in [5.41, 5.74) is 6.70. The van der Waals surface area contributed by atoms with E-state index < -0.39 is 5.82 Å². The maximum absolute atomic E-state index is 13.6. The number of halogens is 1. The van der Waals surface area contributed by atoms with Gasteiger partial charge in [-0.05, 0) is 31.0 Å². The molecular weight excluding hydrogens is 257 g/mol. The summed E-state index contributed by atoms with van der Waals surface area (Å²) in [5, 5.41) is 4.50. The van der Waals surface area contributed by atoms with E-state index in [0.29, 0.717) is 11.7 Å². The Morgan fingerprint density at radius 3 is 2.85 bits per heavy atom. The van der Waals surface area contributed by atoms with E-state index in [1.807, 2.05) is 16.9 Å². The van der Waals surface area contributed by atoms with E-state index in [-0.39, 0.29) is 12.4 Å². The van der Waals surface area contributed by atoms with E-state index in [4.69, 9.17) is 10.5 Å². The summed E-state index contributed by atoms with van der Waals surface area (Å²) >= 11 is 0. The molecule has 0 aliphatic heterocycles. The molecule has 106 valence electrons. The van der Waals surface area contributed by atoms with Crippen LogP contribution in [0, 0.1) is 5.82 Å². The molecule has 0 radical (unpaired) electrons. The van der Waals surface area contributed by atoms with Crippen molar-refractivity contribution in [3.8, 4) is 5.75 Å². The van der Waals surface area contributed by atoms with Gasteiger partial charge in [0, 0.05) is 18.0 Å². The number of aromatic nitrogens is 2. The lowest BCUT2D eigenvalue weighted by atomic mass is 10.3. The molecule has 3 rings (SSSR count). The third-order valence-electron chi connectivity index (χ3n) is 3.69. The van der Waals surface area contributed by atoms with Crippen LogP contribution in [-0.4, -0.2) is 9.78 Å². The zero-order valence-corrected chi connectivity index (χ0v) is 11.3. The van der Waals surface area contributed by atoms with E-state index in [0.717, 1.165) is 5.69 Å². The molecule has 0 spiro atoms. The van der Waals surface area contributed by atoms with E-state index in [2.05, 4.69) is 5.10 Å². The third-order valence-corrected chi connectivity index (χ3v) is 3.69. The lowest BCUT2D eigenvalue weighted by molar-refractivity contribution is 0.283. The molecule has 0 atom stereocenters. The molecule has 0 bridgehead atoms. The van der Waals surface area contributed by atoms with E-state index in [1.165, 1.54) is 31.7 Å². The predicted molar refractivity (Wildman–Crippen MR) is 74.9 cm³/mol. The van der Waals surface area contributed by atoms with Crippen LogP contribution in [-0.2, 0) is 6.61 Å². The second-order valence-electron chi connectivity index (χ2n) is 5.20. The molecule has 5 heteroatoms. The largest absolute Gasteiger partial charge is 0.484 e. The lowest BCUT2D eigenvalue weighted by Crippen LogP contribution is -2.06. The van der Waals surface area contributed by atoms with Crippen LogP contribution in [0.5, 0.6) is 5.75 Å². The number of nitrogens with two attached hydrogens (primary N) is 1. The van der Waals surface area contributed by atoms with Crippen molar-refractivity contribution in [1.82, 2.24) is 9.78 Å². The first-order valence-corrected chi connectivity index (χ1v) is 6.94. The van der Waals surface area contributed by atoms with E-state index >= 15 is 0 Å². The molecule has 1 heterocycles. The zero-order valence-electron chi connectivity index (χ0n) is 11.3. The monoisotopic (exact) mass is 275 g/mol. The molecule has 4 nitrogen and oxygen atoms in total. The van der Waals surface area contributed by atoms with Gasteiger partial charge in [0.1, 0.15) is 6.61 Å². The summed E-state index contributed by atoms with van der Waals surface area (Å²) in [5.74, 6) is -0.241. The molecular formula is C15H18FN3O. The number of ether oxygens (including phenoxy) is 1. The quantitative estimate of drug-likeness (QED) is 0.871. The van der Waals surface area contributed by atoms with Crippen LogP contribution >= 0.6 is 0 Å². The highest BCUT2D eigenvalue weighted by Crippen LogP contribution is 2.28. The number of nitrogen functional groups attached to an aromatic ring is 1. The Bertz CT molecular complexity index is 591. The first-order valence-electron chi connectivity index (χ1n) is 6.94. The average molecular weight is 275 g/mol. The van der Waals surface area contributed by atoms with Crippen LogP contribution in [0.15, 0.2) is 30.5 Å². The second-order valence-corrected chi connectivity index (χ2v) is 5.20. The van der Waals surface area contributed by atoms with Crippen molar-refractivity contribution in [1.29, 1.82) is 0 Å². The van der Waals surface area contributed by atoms with Gasteiger partial charge in [-0.1, -0.05) is 12.8 Å². The predicted octanol–water partition coefficient (Wildman–Crippen LogP) is 3.30. The highest BCUT2D eigenvalue weighted by molar-refractivity contribution is 5.42. The Morgan fingerprint density at radius 1 is 1.30 bits per heavy atom. The minimum absolute atomic E-state index is 0.203. The Balaban J connectivity index is 1.63. The van der Waals surface area contributed by atoms with Crippen molar-refractivity contribution in [2.75, 3.05) is 5.73 Å². The van der Waals surface area contributed by atoms with Gasteiger partial charge in [-0.2, -0.15) is 5.10 Å². The summed E-state index contributed by atoms with van der Waals surface area (Å²) < 4.78 is 21.0. The minimum atomic E-state index is -0.444. The van der Waals surface area contributed by atoms with Crippen molar-refractivity contribution < 1.29 is 9.13 Å². The fourth-order valence-corrected chi connectivity index (χ4v) is 2.61. The van der Waals surface area contributed by atoms with Crippen molar-refractivity contribution in [2.45, 2.75) is 38.3 Å². The van der Waals surface area contributed by atoms with Crippen molar-refractivity contribution in [3.63, 3.8) is 0 Å².